The molecule has 0 radical (unpaired) electrons. The summed E-state index contributed by atoms with van der Waals surface area (Å²) in [5, 5.41) is 6.07. The lowest BCUT2D eigenvalue weighted by molar-refractivity contribution is 0.0303. The van der Waals surface area contributed by atoms with Crippen molar-refractivity contribution in [3.05, 3.63) is 93.9 Å². The van der Waals surface area contributed by atoms with Crippen molar-refractivity contribution in [1.29, 1.82) is 0 Å². The number of morpholine rings is 1. The molecule has 2 N–H and O–H groups in total. The van der Waals surface area contributed by atoms with Crippen LogP contribution in [0.15, 0.2) is 60.8 Å². The molecule has 0 bridgehead atoms. The van der Waals surface area contributed by atoms with Gasteiger partial charge in [-0.25, -0.2) is 9.37 Å². The Kier molecular flexibility index (Phi) is 12.2. The van der Waals surface area contributed by atoms with Crippen LogP contribution >= 0.6 is 11.6 Å². The van der Waals surface area contributed by atoms with Crippen molar-refractivity contribution < 1.29 is 28.2 Å². The van der Waals surface area contributed by atoms with Crippen LogP contribution < -0.4 is 20.1 Å². The van der Waals surface area contributed by atoms with E-state index in [1.54, 1.807) is 29.2 Å². The van der Waals surface area contributed by atoms with Crippen LogP contribution in [0.4, 0.5) is 21.7 Å². The van der Waals surface area contributed by atoms with Crippen LogP contribution in [-0.4, -0.2) is 109 Å². The van der Waals surface area contributed by atoms with Gasteiger partial charge in [-0.2, -0.15) is 4.98 Å². The Morgan fingerprint density at radius 3 is 2.40 bits per heavy atom. The predicted molar refractivity (Wildman–Crippen MR) is 198 cm³/mol. The van der Waals surface area contributed by atoms with Crippen LogP contribution in [0.25, 0.3) is 0 Å². The van der Waals surface area contributed by atoms with Crippen LogP contribution in [0.3, 0.4) is 0 Å². The number of nitrogens with one attached hydrogen (secondary N) is 2. The number of amides is 2. The van der Waals surface area contributed by atoms with Crippen LogP contribution in [0, 0.1) is 19.7 Å². The molecule has 6 rings (SSSR count). The van der Waals surface area contributed by atoms with Crippen molar-refractivity contribution in [3.8, 4) is 17.4 Å². The van der Waals surface area contributed by atoms with Crippen LogP contribution in [0.5, 0.6) is 17.4 Å². The van der Waals surface area contributed by atoms with Gasteiger partial charge >= 0.3 is 0 Å². The largest absolute Gasteiger partial charge is 0.490 e. The third-order valence-corrected chi connectivity index (χ3v) is 9.36. The number of hydrogen-bond acceptors (Lipinski definition) is 10. The SMILES string of the molecule is Cc1cccc(C)c1NC(=O)c1cnc(Nc2ccc(OCCCN3CCN(C)CC3)c(F)c2)nc1Oc1ccc(C(=O)N2CCOCC2)cc1Cl. The number of hydrogen-bond donors (Lipinski definition) is 2. The average molecular weight is 732 g/mol. The first kappa shape index (κ1) is 37.0. The number of nitrogens with zero attached hydrogens (tertiary/aromatic N) is 5. The number of likely N-dealkylation sites (N-methyl/N-ethyl adjacent to an activating group) is 1. The van der Waals surface area contributed by atoms with E-state index in [0.29, 0.717) is 49.8 Å². The Balaban J connectivity index is 1.18. The summed E-state index contributed by atoms with van der Waals surface area (Å²) in [5.41, 5.74) is 3.20. The Labute approximate surface area is 307 Å². The number of rotatable bonds is 12. The lowest BCUT2D eigenvalue weighted by Gasteiger charge is -2.32. The zero-order chi connectivity index (χ0) is 36.6. The summed E-state index contributed by atoms with van der Waals surface area (Å²) in [6.45, 7) is 11.1. The minimum Gasteiger partial charge on any atom is -0.490 e. The molecule has 0 spiro atoms. The third-order valence-electron chi connectivity index (χ3n) is 9.06. The molecule has 52 heavy (non-hydrogen) atoms. The van der Waals surface area contributed by atoms with Crippen molar-refractivity contribution in [3.63, 3.8) is 0 Å². The number of aromatic nitrogens is 2. The predicted octanol–water partition coefficient (Wildman–Crippen LogP) is 6.16. The maximum atomic E-state index is 15.1. The van der Waals surface area contributed by atoms with Gasteiger partial charge in [0.05, 0.1) is 24.8 Å². The van der Waals surface area contributed by atoms with E-state index in [1.165, 1.54) is 18.3 Å². The molecule has 3 aromatic carbocycles. The molecule has 2 fully saturated rings. The number of anilines is 3. The smallest absolute Gasteiger partial charge is 0.262 e. The molecule has 0 aliphatic carbocycles. The summed E-state index contributed by atoms with van der Waals surface area (Å²) in [4.78, 5) is 41.9. The highest BCUT2D eigenvalue weighted by molar-refractivity contribution is 6.32. The maximum absolute atomic E-state index is 15.1. The molecule has 14 heteroatoms. The maximum Gasteiger partial charge on any atom is 0.262 e. The minimum atomic E-state index is -0.538. The normalized spacial score (nSPS) is 15.3. The number of para-hydroxylation sites is 1. The lowest BCUT2D eigenvalue weighted by Crippen LogP contribution is -2.44. The van der Waals surface area contributed by atoms with Crippen molar-refractivity contribution in [2.75, 3.05) is 83.3 Å². The van der Waals surface area contributed by atoms with Gasteiger partial charge in [-0.05, 0) is 68.8 Å². The van der Waals surface area contributed by atoms with E-state index in [2.05, 4.69) is 37.4 Å². The van der Waals surface area contributed by atoms with E-state index in [-0.39, 0.29) is 39.8 Å². The zero-order valence-corrected chi connectivity index (χ0v) is 30.3. The standard InChI is InChI=1S/C38H43ClFN7O5/c1-25-6-4-7-26(2)34(25)43-35(48)29-24-41-38(42-28-9-11-33(31(40)23-28)51-19-5-12-46-15-13-45(3)14-16-46)44-36(29)52-32-10-8-27(22-30(32)39)37(49)47-17-20-50-21-18-47/h4,6-11,22-24H,5,12-21H2,1-3H3,(H,43,48)(H,41,42,44). The van der Waals surface area contributed by atoms with Crippen molar-refractivity contribution >= 4 is 40.7 Å². The fraction of sp³-hybridized carbons (Fsp3) is 0.368. The second-order valence-corrected chi connectivity index (χ2v) is 13.3. The number of carbonyl (C=O) groups excluding carboxylic acids is 2. The summed E-state index contributed by atoms with van der Waals surface area (Å²) < 4.78 is 32.3. The van der Waals surface area contributed by atoms with Gasteiger partial charge in [0.25, 0.3) is 11.8 Å². The molecule has 1 aromatic heterocycles. The van der Waals surface area contributed by atoms with Gasteiger partial charge in [-0.3, -0.25) is 9.59 Å². The first-order chi connectivity index (χ1) is 25.1. The fourth-order valence-electron chi connectivity index (χ4n) is 5.99. The second kappa shape index (κ2) is 17.1. The molecule has 0 atom stereocenters. The number of ether oxygens (including phenoxy) is 3. The van der Waals surface area contributed by atoms with Gasteiger partial charge in [-0.1, -0.05) is 29.8 Å². The zero-order valence-electron chi connectivity index (χ0n) is 29.6. The van der Waals surface area contributed by atoms with Gasteiger partial charge in [0.2, 0.25) is 11.8 Å². The number of benzene rings is 3. The Morgan fingerprint density at radius 2 is 1.69 bits per heavy atom. The Bertz CT molecular complexity index is 1880. The van der Waals surface area contributed by atoms with E-state index < -0.39 is 11.7 Å². The summed E-state index contributed by atoms with van der Waals surface area (Å²) in [6, 6.07) is 14.9. The molecule has 2 aliphatic rings. The molecule has 0 unspecified atom stereocenters. The first-order valence-electron chi connectivity index (χ1n) is 17.3. The number of aryl methyl sites for hydroxylation is 2. The third kappa shape index (κ3) is 9.34. The Morgan fingerprint density at radius 1 is 0.962 bits per heavy atom. The molecular formula is C38H43ClFN7O5. The molecular weight excluding hydrogens is 689 g/mol. The van der Waals surface area contributed by atoms with Gasteiger partial charge in [0.1, 0.15) is 11.3 Å². The second-order valence-electron chi connectivity index (χ2n) is 12.9. The van der Waals surface area contributed by atoms with Gasteiger partial charge in [0, 0.05) is 75.0 Å². The average Bonchev–Trinajstić information content (AvgIpc) is 3.14. The van der Waals surface area contributed by atoms with Crippen LogP contribution in [-0.2, 0) is 4.74 Å². The summed E-state index contributed by atoms with van der Waals surface area (Å²) in [6.07, 6.45) is 2.12. The molecule has 274 valence electrons. The first-order valence-corrected chi connectivity index (χ1v) is 17.7. The molecule has 2 aliphatic heterocycles. The topological polar surface area (TPSA) is 121 Å². The highest BCUT2D eigenvalue weighted by atomic mass is 35.5. The molecule has 2 amide bonds. The quantitative estimate of drug-likeness (QED) is 0.164. The summed E-state index contributed by atoms with van der Waals surface area (Å²) in [5.74, 6) is -0.944. The monoisotopic (exact) mass is 731 g/mol. The Hall–Kier alpha value is -4.82. The number of halogens is 2. The van der Waals surface area contributed by atoms with E-state index in [1.807, 2.05) is 32.0 Å². The van der Waals surface area contributed by atoms with E-state index in [0.717, 1.165) is 50.3 Å². The van der Waals surface area contributed by atoms with E-state index in [9.17, 15) is 9.59 Å². The lowest BCUT2D eigenvalue weighted by atomic mass is 10.1. The van der Waals surface area contributed by atoms with E-state index >= 15 is 4.39 Å². The van der Waals surface area contributed by atoms with Crippen LogP contribution in [0.1, 0.15) is 38.3 Å². The number of carbonyl (C=O) groups is 2. The highest BCUT2D eigenvalue weighted by Gasteiger charge is 2.23. The molecule has 2 saturated heterocycles. The van der Waals surface area contributed by atoms with E-state index in [4.69, 9.17) is 25.8 Å². The minimum absolute atomic E-state index is 0.0317. The van der Waals surface area contributed by atoms with Crippen molar-refractivity contribution in [2.24, 2.45) is 0 Å². The molecule has 0 saturated carbocycles. The molecule has 12 nitrogen and oxygen atoms in total. The molecule has 3 heterocycles. The molecule has 4 aromatic rings. The highest BCUT2D eigenvalue weighted by Crippen LogP contribution is 2.33. The van der Waals surface area contributed by atoms with Gasteiger partial charge in [-0.15, -0.1) is 0 Å². The van der Waals surface area contributed by atoms with Crippen molar-refractivity contribution in [1.82, 2.24) is 24.7 Å². The van der Waals surface area contributed by atoms with Crippen molar-refractivity contribution in [2.45, 2.75) is 20.3 Å². The van der Waals surface area contributed by atoms with Crippen LogP contribution in [0.2, 0.25) is 5.02 Å². The summed E-state index contributed by atoms with van der Waals surface area (Å²) in [7, 11) is 2.12. The fourth-order valence-corrected chi connectivity index (χ4v) is 6.21. The van der Waals surface area contributed by atoms with Gasteiger partial charge in [0.15, 0.2) is 11.6 Å². The summed E-state index contributed by atoms with van der Waals surface area (Å²) >= 11 is 6.62. The number of piperazine rings is 1. The van der Waals surface area contributed by atoms with Gasteiger partial charge < -0.3 is 39.5 Å².